The molecule has 1 aromatic rings. The molecule has 2 N–H and O–H groups in total. The molecule has 2 saturated heterocycles. The zero-order valence-corrected chi connectivity index (χ0v) is 16.0. The molecule has 0 atom stereocenters. The number of anilines is 1. The highest BCUT2D eigenvalue weighted by atomic mass is 16.4. The van der Waals surface area contributed by atoms with Crippen LogP contribution in [0.3, 0.4) is 0 Å². The van der Waals surface area contributed by atoms with E-state index in [0.29, 0.717) is 37.2 Å². The maximum Gasteiger partial charge on any atom is 0.336 e. The highest BCUT2D eigenvalue weighted by Gasteiger charge is 2.30. The number of benzene rings is 1. The number of urea groups is 1. The number of carbonyl (C=O) groups is 3. The molecule has 27 heavy (non-hydrogen) atoms. The fourth-order valence-electron chi connectivity index (χ4n) is 3.89. The predicted molar refractivity (Wildman–Crippen MR) is 102 cm³/mol. The smallest absolute Gasteiger partial charge is 0.336 e. The summed E-state index contributed by atoms with van der Waals surface area (Å²) in [7, 11) is 0. The summed E-state index contributed by atoms with van der Waals surface area (Å²) < 4.78 is 0. The molecule has 0 bridgehead atoms. The standard InChI is InChI=1S/C20H27N3O4/c1-13-11-14(2)17(12-16(13)19(25)26)21-18(24)15-5-9-23(10-6-15)20(27)22-7-3-4-8-22/h11-12,15H,3-10H2,1-2H3,(H,21,24)(H,25,26). The number of piperidine rings is 1. The van der Waals surface area contributed by atoms with Gasteiger partial charge in [0.05, 0.1) is 5.56 Å². The Morgan fingerprint density at radius 2 is 1.56 bits per heavy atom. The minimum Gasteiger partial charge on any atom is -0.478 e. The number of carboxylic acids is 1. The molecule has 2 aliphatic heterocycles. The molecular formula is C20H27N3O4. The maximum absolute atomic E-state index is 12.6. The molecule has 2 aliphatic rings. The van der Waals surface area contributed by atoms with E-state index >= 15 is 0 Å². The Kier molecular flexibility index (Phi) is 5.68. The third-order valence-corrected chi connectivity index (χ3v) is 5.57. The van der Waals surface area contributed by atoms with Crippen LogP contribution in [0.15, 0.2) is 12.1 Å². The fourth-order valence-corrected chi connectivity index (χ4v) is 3.89. The van der Waals surface area contributed by atoms with Gasteiger partial charge in [0.1, 0.15) is 0 Å². The molecule has 3 amide bonds. The lowest BCUT2D eigenvalue weighted by molar-refractivity contribution is -0.121. The van der Waals surface area contributed by atoms with E-state index in [1.807, 2.05) is 16.7 Å². The Hall–Kier alpha value is -2.57. The van der Waals surface area contributed by atoms with Gasteiger partial charge in [-0.15, -0.1) is 0 Å². The van der Waals surface area contributed by atoms with Crippen molar-refractivity contribution in [1.29, 1.82) is 0 Å². The molecule has 1 aromatic carbocycles. The average molecular weight is 373 g/mol. The van der Waals surface area contributed by atoms with Gasteiger partial charge in [-0.1, -0.05) is 6.07 Å². The molecule has 0 unspecified atom stereocenters. The molecule has 0 spiro atoms. The van der Waals surface area contributed by atoms with Crippen molar-refractivity contribution in [3.8, 4) is 0 Å². The summed E-state index contributed by atoms with van der Waals surface area (Å²) in [5.74, 6) is -1.27. The van der Waals surface area contributed by atoms with Crippen molar-refractivity contribution in [2.75, 3.05) is 31.5 Å². The number of aromatic carboxylic acids is 1. The van der Waals surface area contributed by atoms with Crippen LogP contribution in [0.4, 0.5) is 10.5 Å². The van der Waals surface area contributed by atoms with Crippen molar-refractivity contribution in [3.05, 3.63) is 28.8 Å². The number of carboxylic acid groups (broad SMARTS) is 1. The summed E-state index contributed by atoms with van der Waals surface area (Å²) >= 11 is 0. The van der Waals surface area contributed by atoms with Crippen molar-refractivity contribution in [1.82, 2.24) is 9.80 Å². The number of hydrogen-bond acceptors (Lipinski definition) is 3. The van der Waals surface area contributed by atoms with Gasteiger partial charge in [0.2, 0.25) is 5.91 Å². The van der Waals surface area contributed by atoms with Crippen LogP contribution < -0.4 is 5.32 Å². The summed E-state index contributed by atoms with van der Waals surface area (Å²) in [5.41, 5.74) is 2.25. The van der Waals surface area contributed by atoms with Crippen molar-refractivity contribution in [3.63, 3.8) is 0 Å². The van der Waals surface area contributed by atoms with E-state index in [-0.39, 0.29) is 23.4 Å². The lowest BCUT2D eigenvalue weighted by Gasteiger charge is -2.34. The van der Waals surface area contributed by atoms with Gasteiger partial charge in [0, 0.05) is 37.8 Å². The van der Waals surface area contributed by atoms with E-state index in [4.69, 9.17) is 0 Å². The Labute approximate surface area is 159 Å². The first-order chi connectivity index (χ1) is 12.9. The zero-order chi connectivity index (χ0) is 19.6. The van der Waals surface area contributed by atoms with Crippen LogP contribution >= 0.6 is 0 Å². The lowest BCUT2D eigenvalue weighted by atomic mass is 9.95. The Morgan fingerprint density at radius 3 is 2.15 bits per heavy atom. The molecule has 146 valence electrons. The van der Waals surface area contributed by atoms with Crippen LogP contribution in [-0.4, -0.2) is 59.0 Å². The molecule has 0 aromatic heterocycles. The quantitative estimate of drug-likeness (QED) is 0.852. The van der Waals surface area contributed by atoms with Gasteiger partial charge in [0.15, 0.2) is 0 Å². The second-order valence-corrected chi connectivity index (χ2v) is 7.51. The Morgan fingerprint density at radius 1 is 0.963 bits per heavy atom. The maximum atomic E-state index is 12.6. The normalized spacial score (nSPS) is 17.9. The number of hydrogen-bond donors (Lipinski definition) is 2. The van der Waals surface area contributed by atoms with Gasteiger partial charge in [-0.2, -0.15) is 0 Å². The Bertz CT molecular complexity index is 748. The summed E-state index contributed by atoms with van der Waals surface area (Å²) in [6.45, 7) is 6.43. The topological polar surface area (TPSA) is 90.0 Å². The lowest BCUT2D eigenvalue weighted by Crippen LogP contribution is -2.47. The van der Waals surface area contributed by atoms with E-state index in [0.717, 1.165) is 31.5 Å². The zero-order valence-electron chi connectivity index (χ0n) is 16.0. The van der Waals surface area contributed by atoms with Gasteiger partial charge in [0.25, 0.3) is 0 Å². The number of amides is 3. The number of likely N-dealkylation sites (tertiary alicyclic amines) is 2. The number of nitrogens with one attached hydrogen (secondary N) is 1. The van der Waals surface area contributed by atoms with E-state index < -0.39 is 5.97 Å². The van der Waals surface area contributed by atoms with Gasteiger partial charge in [-0.3, -0.25) is 4.79 Å². The van der Waals surface area contributed by atoms with Crippen LogP contribution in [-0.2, 0) is 4.79 Å². The molecular weight excluding hydrogens is 346 g/mol. The van der Waals surface area contributed by atoms with Crippen molar-refractivity contribution in [2.24, 2.45) is 5.92 Å². The second-order valence-electron chi connectivity index (χ2n) is 7.51. The summed E-state index contributed by atoms with van der Waals surface area (Å²) in [6, 6.07) is 3.39. The molecule has 0 saturated carbocycles. The van der Waals surface area contributed by atoms with E-state index in [9.17, 15) is 19.5 Å². The van der Waals surface area contributed by atoms with Crippen LogP contribution in [0, 0.1) is 19.8 Å². The first kappa shape index (κ1) is 19.2. The van der Waals surface area contributed by atoms with Crippen molar-refractivity contribution >= 4 is 23.6 Å². The fraction of sp³-hybridized carbons (Fsp3) is 0.550. The van der Waals surface area contributed by atoms with Gasteiger partial charge >= 0.3 is 12.0 Å². The highest BCUT2D eigenvalue weighted by molar-refractivity contribution is 5.96. The molecule has 0 aliphatic carbocycles. The molecule has 3 rings (SSSR count). The van der Waals surface area contributed by atoms with Crippen LogP contribution in [0.1, 0.15) is 47.2 Å². The minimum absolute atomic E-state index is 0.0897. The molecule has 2 heterocycles. The number of aryl methyl sites for hydroxylation is 2. The van der Waals surface area contributed by atoms with Gasteiger partial charge < -0.3 is 20.2 Å². The van der Waals surface area contributed by atoms with Gasteiger partial charge in [-0.25, -0.2) is 9.59 Å². The third kappa shape index (κ3) is 4.23. The summed E-state index contributed by atoms with van der Waals surface area (Å²) in [4.78, 5) is 40.1. The number of nitrogens with zero attached hydrogens (tertiary/aromatic N) is 2. The third-order valence-electron chi connectivity index (χ3n) is 5.57. The number of rotatable bonds is 3. The van der Waals surface area contributed by atoms with Crippen LogP contribution in [0.25, 0.3) is 0 Å². The first-order valence-corrected chi connectivity index (χ1v) is 9.56. The molecule has 7 nitrogen and oxygen atoms in total. The van der Waals surface area contributed by atoms with Crippen molar-refractivity contribution < 1.29 is 19.5 Å². The summed E-state index contributed by atoms with van der Waals surface area (Å²) in [5, 5.41) is 12.2. The SMILES string of the molecule is Cc1cc(C)c(C(=O)O)cc1NC(=O)C1CCN(C(=O)N2CCCC2)CC1. The van der Waals surface area contributed by atoms with E-state index in [1.165, 1.54) is 6.07 Å². The van der Waals surface area contributed by atoms with Gasteiger partial charge in [-0.05, 0) is 56.7 Å². The molecule has 2 fully saturated rings. The van der Waals surface area contributed by atoms with E-state index in [2.05, 4.69) is 5.32 Å². The van der Waals surface area contributed by atoms with Crippen LogP contribution in [0.5, 0.6) is 0 Å². The highest BCUT2D eigenvalue weighted by Crippen LogP contribution is 2.25. The minimum atomic E-state index is -1.00. The first-order valence-electron chi connectivity index (χ1n) is 9.56. The monoisotopic (exact) mass is 373 g/mol. The number of carbonyl (C=O) groups excluding carboxylic acids is 2. The Balaban J connectivity index is 1.59. The molecule has 7 heteroatoms. The summed E-state index contributed by atoms with van der Waals surface area (Å²) in [6.07, 6.45) is 3.39. The van der Waals surface area contributed by atoms with Crippen LogP contribution in [0.2, 0.25) is 0 Å². The second kappa shape index (κ2) is 7.98. The largest absolute Gasteiger partial charge is 0.478 e. The average Bonchev–Trinajstić information content (AvgIpc) is 3.17. The van der Waals surface area contributed by atoms with Crippen molar-refractivity contribution in [2.45, 2.75) is 39.5 Å². The predicted octanol–water partition coefficient (Wildman–Crippen LogP) is 2.87. The van der Waals surface area contributed by atoms with E-state index in [1.54, 1.807) is 13.0 Å². The molecule has 0 radical (unpaired) electrons.